The molecule has 0 aromatic heterocycles. The van der Waals surface area contributed by atoms with Gasteiger partial charge in [0, 0.05) is 12.6 Å². The van der Waals surface area contributed by atoms with E-state index >= 15 is 0 Å². The van der Waals surface area contributed by atoms with Gasteiger partial charge in [0.25, 0.3) is 0 Å². The Labute approximate surface area is 132 Å². The summed E-state index contributed by atoms with van der Waals surface area (Å²) >= 11 is 0. The number of ether oxygens (including phenoxy) is 1. The summed E-state index contributed by atoms with van der Waals surface area (Å²) in [5.74, 6) is 0. The van der Waals surface area contributed by atoms with E-state index in [-0.39, 0.29) is 0 Å². The summed E-state index contributed by atoms with van der Waals surface area (Å²) in [5, 5.41) is 0. The molecule has 0 aromatic rings. The number of fused-ring (bicyclic) bond motifs is 1. The number of hydrogen-bond donors (Lipinski definition) is 0. The van der Waals surface area contributed by atoms with Crippen molar-refractivity contribution in [2.75, 3.05) is 13.3 Å². The first-order valence-corrected chi connectivity index (χ1v) is 9.77. The fourth-order valence-electron chi connectivity index (χ4n) is 4.01. The number of nitrogens with zero attached hydrogens (tertiary/aromatic N) is 1. The van der Waals surface area contributed by atoms with Crippen LogP contribution in [0.3, 0.4) is 0 Å². The van der Waals surface area contributed by atoms with Crippen LogP contribution < -0.4 is 0 Å². The predicted octanol–water partition coefficient (Wildman–Crippen LogP) is 5.51. The Bertz CT molecular complexity index is 256. The van der Waals surface area contributed by atoms with Gasteiger partial charge in [0.2, 0.25) is 0 Å². The molecule has 0 amide bonds. The molecule has 0 N–H and O–H groups in total. The van der Waals surface area contributed by atoms with E-state index < -0.39 is 0 Å². The van der Waals surface area contributed by atoms with Gasteiger partial charge in [-0.2, -0.15) is 0 Å². The molecule has 2 heteroatoms. The molecule has 2 aliphatic heterocycles. The molecular weight excluding hydrogens is 258 g/mol. The maximum absolute atomic E-state index is 6.01. The minimum atomic E-state index is 0.555. The van der Waals surface area contributed by atoms with Gasteiger partial charge < -0.3 is 4.74 Å². The molecule has 0 aliphatic carbocycles. The van der Waals surface area contributed by atoms with E-state index in [0.717, 1.165) is 12.8 Å². The first kappa shape index (κ1) is 17.3. The Morgan fingerprint density at radius 3 is 2.24 bits per heavy atom. The highest BCUT2D eigenvalue weighted by molar-refractivity contribution is 4.86. The van der Waals surface area contributed by atoms with Gasteiger partial charge in [0.05, 0.1) is 12.8 Å². The maximum atomic E-state index is 6.01. The Balaban J connectivity index is 1.40. The van der Waals surface area contributed by atoms with Crippen molar-refractivity contribution in [2.24, 2.45) is 0 Å². The van der Waals surface area contributed by atoms with Crippen LogP contribution in [0.4, 0.5) is 0 Å². The van der Waals surface area contributed by atoms with Crippen molar-refractivity contribution in [2.45, 2.75) is 109 Å². The van der Waals surface area contributed by atoms with Gasteiger partial charge in [0.1, 0.15) is 0 Å². The summed E-state index contributed by atoms with van der Waals surface area (Å²) in [4.78, 5) is 2.57. The summed E-state index contributed by atoms with van der Waals surface area (Å²) < 4.78 is 6.01. The Morgan fingerprint density at radius 1 is 0.857 bits per heavy atom. The van der Waals surface area contributed by atoms with Crippen LogP contribution in [0.1, 0.15) is 96.8 Å². The summed E-state index contributed by atoms with van der Waals surface area (Å²) in [6, 6.07) is 0.761. The van der Waals surface area contributed by atoms with Crippen LogP contribution >= 0.6 is 0 Å². The SMILES string of the molecule is CCCCCCCCCCCCC1OCN2CCCCC12. The predicted molar refractivity (Wildman–Crippen MR) is 90.5 cm³/mol. The van der Waals surface area contributed by atoms with Gasteiger partial charge in [-0.1, -0.05) is 77.6 Å². The number of hydrogen-bond acceptors (Lipinski definition) is 2. The molecule has 2 fully saturated rings. The van der Waals surface area contributed by atoms with E-state index in [2.05, 4.69) is 11.8 Å². The first-order chi connectivity index (χ1) is 10.4. The van der Waals surface area contributed by atoms with Crippen LogP contribution in [0.2, 0.25) is 0 Å². The van der Waals surface area contributed by atoms with E-state index in [4.69, 9.17) is 4.74 Å². The van der Waals surface area contributed by atoms with E-state index in [1.807, 2.05) is 0 Å². The van der Waals surface area contributed by atoms with Crippen LogP contribution in [0, 0.1) is 0 Å². The molecular formula is C19H37NO. The lowest BCUT2D eigenvalue weighted by Crippen LogP contribution is -2.38. The number of piperidine rings is 1. The van der Waals surface area contributed by atoms with Crippen molar-refractivity contribution < 1.29 is 4.74 Å². The number of rotatable bonds is 11. The normalized spacial score (nSPS) is 26.1. The molecule has 2 aliphatic rings. The number of unbranched alkanes of at least 4 members (excludes halogenated alkanes) is 9. The minimum Gasteiger partial charge on any atom is -0.361 e. The quantitative estimate of drug-likeness (QED) is 0.466. The van der Waals surface area contributed by atoms with Crippen LogP contribution in [0.25, 0.3) is 0 Å². The second kappa shape index (κ2) is 10.6. The molecule has 0 saturated carbocycles. The van der Waals surface area contributed by atoms with Gasteiger partial charge in [-0.25, -0.2) is 0 Å². The lowest BCUT2D eigenvalue weighted by Gasteiger charge is -2.30. The smallest absolute Gasteiger partial charge is 0.0998 e. The summed E-state index contributed by atoms with van der Waals surface area (Å²) in [6.07, 6.45) is 20.3. The standard InChI is InChI=1S/C19H37NO/c1-2-3-4-5-6-7-8-9-10-11-15-19-18-14-12-13-16-20(18)17-21-19/h18-19H,2-17H2,1H3. The Morgan fingerprint density at radius 2 is 1.52 bits per heavy atom. The van der Waals surface area contributed by atoms with E-state index in [1.165, 1.54) is 96.4 Å². The highest BCUT2D eigenvalue weighted by Gasteiger charge is 2.35. The first-order valence-electron chi connectivity index (χ1n) is 9.77. The van der Waals surface area contributed by atoms with E-state index in [1.54, 1.807) is 0 Å². The molecule has 0 bridgehead atoms. The lowest BCUT2D eigenvalue weighted by atomic mass is 9.95. The zero-order chi connectivity index (χ0) is 14.8. The summed E-state index contributed by atoms with van der Waals surface area (Å²) in [6.45, 7) is 4.48. The molecule has 2 unspecified atom stereocenters. The molecule has 124 valence electrons. The molecule has 0 spiro atoms. The van der Waals surface area contributed by atoms with Crippen molar-refractivity contribution in [3.8, 4) is 0 Å². The van der Waals surface area contributed by atoms with Crippen molar-refractivity contribution >= 4 is 0 Å². The molecule has 0 radical (unpaired) electrons. The highest BCUT2D eigenvalue weighted by atomic mass is 16.5. The Kier molecular flexibility index (Phi) is 8.73. The van der Waals surface area contributed by atoms with Crippen LogP contribution in [-0.2, 0) is 4.74 Å². The summed E-state index contributed by atoms with van der Waals surface area (Å²) in [5.41, 5.74) is 0. The molecule has 21 heavy (non-hydrogen) atoms. The topological polar surface area (TPSA) is 12.5 Å². The fourth-order valence-corrected chi connectivity index (χ4v) is 4.01. The average Bonchev–Trinajstić information content (AvgIpc) is 2.92. The van der Waals surface area contributed by atoms with Crippen LogP contribution in [0.15, 0.2) is 0 Å². The molecule has 2 nitrogen and oxygen atoms in total. The third-order valence-corrected chi connectivity index (χ3v) is 5.39. The van der Waals surface area contributed by atoms with Gasteiger partial charge in [0.15, 0.2) is 0 Å². The lowest BCUT2D eigenvalue weighted by molar-refractivity contribution is 0.0828. The van der Waals surface area contributed by atoms with Crippen molar-refractivity contribution in [1.82, 2.24) is 4.90 Å². The minimum absolute atomic E-state index is 0.555. The second-order valence-electron chi connectivity index (χ2n) is 7.18. The van der Waals surface area contributed by atoms with Crippen molar-refractivity contribution in [3.05, 3.63) is 0 Å². The molecule has 2 atom stereocenters. The summed E-state index contributed by atoms with van der Waals surface area (Å²) in [7, 11) is 0. The van der Waals surface area contributed by atoms with E-state index in [9.17, 15) is 0 Å². The maximum Gasteiger partial charge on any atom is 0.0998 e. The average molecular weight is 296 g/mol. The van der Waals surface area contributed by atoms with Gasteiger partial charge in [-0.05, 0) is 19.3 Å². The third kappa shape index (κ3) is 6.28. The highest BCUT2D eigenvalue weighted by Crippen LogP contribution is 2.29. The molecule has 2 saturated heterocycles. The van der Waals surface area contributed by atoms with Crippen LogP contribution in [-0.4, -0.2) is 30.3 Å². The van der Waals surface area contributed by atoms with Gasteiger partial charge in [-0.15, -0.1) is 0 Å². The third-order valence-electron chi connectivity index (χ3n) is 5.39. The zero-order valence-electron chi connectivity index (χ0n) is 14.3. The van der Waals surface area contributed by atoms with Gasteiger partial charge in [-0.3, -0.25) is 4.90 Å². The van der Waals surface area contributed by atoms with Gasteiger partial charge >= 0.3 is 0 Å². The van der Waals surface area contributed by atoms with E-state index in [0.29, 0.717) is 6.10 Å². The van der Waals surface area contributed by atoms with Crippen LogP contribution in [0.5, 0.6) is 0 Å². The Hall–Kier alpha value is -0.0800. The molecule has 2 rings (SSSR count). The molecule has 2 heterocycles. The largest absolute Gasteiger partial charge is 0.361 e. The van der Waals surface area contributed by atoms with Crippen molar-refractivity contribution in [1.29, 1.82) is 0 Å². The fraction of sp³-hybridized carbons (Fsp3) is 1.00. The monoisotopic (exact) mass is 295 g/mol. The zero-order valence-corrected chi connectivity index (χ0v) is 14.3. The van der Waals surface area contributed by atoms with Crippen molar-refractivity contribution in [3.63, 3.8) is 0 Å². The second-order valence-corrected chi connectivity index (χ2v) is 7.18. The molecule has 0 aromatic carbocycles.